The van der Waals surface area contributed by atoms with Crippen LogP contribution >= 0.6 is 0 Å². The highest BCUT2D eigenvalue weighted by atomic mass is 16.3. The normalized spacial score (nSPS) is 15.2. The van der Waals surface area contributed by atoms with E-state index in [0.717, 1.165) is 66.5 Å². The summed E-state index contributed by atoms with van der Waals surface area (Å²) >= 11 is 0. The van der Waals surface area contributed by atoms with Crippen molar-refractivity contribution in [3.05, 3.63) is 223 Å². The van der Waals surface area contributed by atoms with Crippen molar-refractivity contribution >= 4 is 50.2 Å². The molecule has 1 aliphatic carbocycles. The molecule has 6 heteroatoms. The van der Waals surface area contributed by atoms with Crippen LogP contribution in [0.1, 0.15) is 22.8 Å². The number of furan rings is 1. The predicted molar refractivity (Wildman–Crippen MR) is 255 cm³/mol. The van der Waals surface area contributed by atoms with E-state index >= 15 is 0 Å². The Balaban J connectivity index is 0.979. The average molecular weight is 808 g/mol. The zero-order valence-corrected chi connectivity index (χ0v) is 34.0. The van der Waals surface area contributed by atoms with Gasteiger partial charge in [-0.05, 0) is 70.3 Å². The van der Waals surface area contributed by atoms with Gasteiger partial charge in [-0.1, -0.05) is 170 Å². The summed E-state index contributed by atoms with van der Waals surface area (Å²) < 4.78 is 9.15. The molecule has 0 bridgehead atoms. The smallest absolute Gasteiger partial charge is 0.238 e. The van der Waals surface area contributed by atoms with Crippen molar-refractivity contribution in [3.63, 3.8) is 0 Å². The number of benzene rings is 8. The Morgan fingerprint density at radius 3 is 1.81 bits per heavy atom. The Kier molecular flexibility index (Phi) is 7.93. The summed E-state index contributed by atoms with van der Waals surface area (Å²) in [5, 5.41) is 3.34. The highest BCUT2D eigenvalue weighted by molar-refractivity contribution is 6.09. The van der Waals surface area contributed by atoms with Gasteiger partial charge in [0.2, 0.25) is 5.95 Å². The number of nitrogens with zero attached hydrogens (tertiary/aromatic N) is 5. The minimum atomic E-state index is 0.0447. The fourth-order valence-corrected chi connectivity index (χ4v) is 10.0. The lowest BCUT2D eigenvalue weighted by molar-refractivity contribution is 0.584. The van der Waals surface area contributed by atoms with Gasteiger partial charge in [0.1, 0.15) is 11.3 Å². The van der Waals surface area contributed by atoms with Gasteiger partial charge in [0.25, 0.3) is 0 Å². The van der Waals surface area contributed by atoms with Crippen LogP contribution < -0.4 is 4.90 Å². The molecule has 3 aromatic heterocycles. The Morgan fingerprint density at radius 1 is 0.460 bits per heavy atom. The number of fused-ring (bicyclic) bond motifs is 10. The topological polar surface area (TPSA) is 60.0 Å². The van der Waals surface area contributed by atoms with Crippen LogP contribution in [0.4, 0.5) is 11.4 Å². The molecular formula is C57H37N5O. The highest BCUT2D eigenvalue weighted by Gasteiger charge is 2.43. The van der Waals surface area contributed by atoms with Gasteiger partial charge in [0.05, 0.1) is 22.6 Å². The van der Waals surface area contributed by atoms with Gasteiger partial charge >= 0.3 is 0 Å². The minimum absolute atomic E-state index is 0.0447. The summed E-state index contributed by atoms with van der Waals surface area (Å²) in [6, 6.07) is 70.6. The second-order valence-electron chi connectivity index (χ2n) is 16.3. The molecule has 6 nitrogen and oxygen atoms in total. The first-order valence-electron chi connectivity index (χ1n) is 21.4. The minimum Gasteiger partial charge on any atom is -0.456 e. The predicted octanol–water partition coefficient (Wildman–Crippen LogP) is 14.1. The molecule has 0 fully saturated rings. The molecule has 2 aliphatic rings. The zero-order chi connectivity index (χ0) is 41.4. The van der Waals surface area contributed by atoms with E-state index in [2.05, 4.69) is 216 Å². The van der Waals surface area contributed by atoms with Gasteiger partial charge in [-0.25, -0.2) is 4.98 Å². The van der Waals surface area contributed by atoms with Crippen LogP contribution in [0.15, 0.2) is 211 Å². The maximum Gasteiger partial charge on any atom is 0.238 e. The molecular weight excluding hydrogens is 771 g/mol. The molecule has 0 N–H and O–H groups in total. The van der Waals surface area contributed by atoms with Crippen LogP contribution in [0.25, 0.3) is 89.8 Å². The first-order chi connectivity index (χ1) is 31.2. The zero-order valence-electron chi connectivity index (χ0n) is 34.0. The molecule has 8 aromatic carbocycles. The van der Waals surface area contributed by atoms with Crippen molar-refractivity contribution in [3.8, 4) is 51.0 Å². The molecule has 4 heterocycles. The summed E-state index contributed by atoms with van der Waals surface area (Å²) in [7, 11) is 0. The second kappa shape index (κ2) is 14.1. The van der Waals surface area contributed by atoms with Crippen molar-refractivity contribution < 1.29 is 4.42 Å². The highest BCUT2D eigenvalue weighted by Crippen LogP contribution is 2.54. The van der Waals surface area contributed by atoms with Crippen LogP contribution in [0.3, 0.4) is 0 Å². The molecule has 2 unspecified atom stereocenters. The summed E-state index contributed by atoms with van der Waals surface area (Å²) in [6.07, 6.45) is 4.47. The van der Waals surface area contributed by atoms with Crippen LogP contribution in [-0.2, 0) is 0 Å². The van der Waals surface area contributed by atoms with Crippen molar-refractivity contribution in [2.75, 3.05) is 4.90 Å². The third-order valence-corrected chi connectivity index (χ3v) is 12.8. The molecule has 63 heavy (non-hydrogen) atoms. The lowest BCUT2D eigenvalue weighted by atomic mass is 9.82. The third-order valence-electron chi connectivity index (χ3n) is 12.8. The SMILES string of the molecule is C1=CC2C(c3ccccc3N2c2cccc(-c3ccccc3)c2)c2c1oc1c(-c3nc(-c4ccc(-c5ccccc5)cc4)nc(-n4c5ccccc5c5ccccc54)n3)cccc21. The lowest BCUT2D eigenvalue weighted by Crippen LogP contribution is -2.30. The number of hydrogen-bond acceptors (Lipinski definition) is 5. The van der Waals surface area contributed by atoms with E-state index in [4.69, 9.17) is 19.4 Å². The molecule has 0 spiro atoms. The Bertz CT molecular complexity index is 3530. The van der Waals surface area contributed by atoms with Gasteiger partial charge < -0.3 is 9.32 Å². The van der Waals surface area contributed by atoms with Crippen LogP contribution in [0.5, 0.6) is 0 Å². The van der Waals surface area contributed by atoms with Crippen molar-refractivity contribution in [2.45, 2.75) is 12.0 Å². The van der Waals surface area contributed by atoms with Crippen molar-refractivity contribution in [1.29, 1.82) is 0 Å². The maximum absolute atomic E-state index is 6.99. The largest absolute Gasteiger partial charge is 0.456 e. The number of aromatic nitrogens is 4. The van der Waals surface area contributed by atoms with Crippen molar-refractivity contribution in [2.24, 2.45) is 0 Å². The van der Waals surface area contributed by atoms with Gasteiger partial charge in [-0.3, -0.25) is 4.57 Å². The van der Waals surface area contributed by atoms with Crippen LogP contribution in [0.2, 0.25) is 0 Å². The quantitative estimate of drug-likeness (QED) is 0.167. The van der Waals surface area contributed by atoms with E-state index < -0.39 is 0 Å². The first-order valence-corrected chi connectivity index (χ1v) is 21.4. The fourth-order valence-electron chi connectivity index (χ4n) is 10.0. The second-order valence-corrected chi connectivity index (χ2v) is 16.3. The van der Waals surface area contributed by atoms with E-state index in [0.29, 0.717) is 17.6 Å². The van der Waals surface area contributed by atoms with E-state index in [1.807, 2.05) is 6.07 Å². The van der Waals surface area contributed by atoms with Crippen LogP contribution in [-0.4, -0.2) is 25.6 Å². The van der Waals surface area contributed by atoms with Gasteiger partial charge in [-0.2, -0.15) is 9.97 Å². The van der Waals surface area contributed by atoms with Crippen molar-refractivity contribution in [1.82, 2.24) is 19.5 Å². The molecule has 1 aliphatic heterocycles. The standard InChI is InChI=1S/C57H37N5O/c1-3-15-36(16-4-1)38-29-31-39(32-30-38)55-58-56(60-57(59-55)62-47-26-10-7-21-42(47)43-22-8-11-27-48(43)62)46-25-14-24-45-53-51(63-54(45)46)34-33-50-52(53)44-23-9-12-28-49(44)61(50)41-20-13-19-40(35-41)37-17-5-2-6-18-37/h1-35,50,52H. The summed E-state index contributed by atoms with van der Waals surface area (Å²) in [5.74, 6) is 2.59. The molecule has 0 amide bonds. The fraction of sp³-hybridized carbons (Fsp3) is 0.0351. The molecule has 0 saturated carbocycles. The molecule has 0 radical (unpaired) electrons. The number of anilines is 2. The Morgan fingerprint density at radius 2 is 1.05 bits per heavy atom. The average Bonchev–Trinajstić information content (AvgIpc) is 4.02. The number of hydrogen-bond donors (Lipinski definition) is 0. The summed E-state index contributed by atoms with van der Waals surface area (Å²) in [6.45, 7) is 0. The molecule has 11 aromatic rings. The lowest BCUT2D eigenvalue weighted by Gasteiger charge is -2.30. The third kappa shape index (κ3) is 5.62. The van der Waals surface area contributed by atoms with Crippen LogP contribution in [0, 0.1) is 0 Å². The molecule has 0 saturated heterocycles. The summed E-state index contributed by atoms with van der Waals surface area (Å²) in [5.41, 5.74) is 14.0. The van der Waals surface area contributed by atoms with Gasteiger partial charge in [0.15, 0.2) is 11.6 Å². The van der Waals surface area contributed by atoms with E-state index in [9.17, 15) is 0 Å². The monoisotopic (exact) mass is 807 g/mol. The number of rotatable bonds is 6. The Hall–Kier alpha value is -8.35. The van der Waals surface area contributed by atoms with E-state index in [1.165, 1.54) is 27.9 Å². The maximum atomic E-state index is 6.99. The Labute approximate surface area is 363 Å². The van der Waals surface area contributed by atoms with Gasteiger partial charge in [-0.15, -0.1) is 0 Å². The molecule has 2 atom stereocenters. The van der Waals surface area contributed by atoms with E-state index in [-0.39, 0.29) is 12.0 Å². The number of para-hydroxylation sites is 4. The molecule has 13 rings (SSSR count). The molecule has 296 valence electrons. The van der Waals surface area contributed by atoms with E-state index in [1.54, 1.807) is 0 Å². The first kappa shape index (κ1) is 35.4. The van der Waals surface area contributed by atoms with Gasteiger partial charge in [0, 0.05) is 44.6 Å². The summed E-state index contributed by atoms with van der Waals surface area (Å²) in [4.78, 5) is 18.3.